The maximum Gasteiger partial charge on any atom is 0.445 e. The monoisotopic (exact) mass is 321 g/mol. The van der Waals surface area contributed by atoms with Crippen molar-refractivity contribution < 1.29 is 13.2 Å². The van der Waals surface area contributed by atoms with Crippen molar-refractivity contribution in [2.75, 3.05) is 31.1 Å². The number of aromatic nitrogens is 2. The van der Waals surface area contributed by atoms with Gasteiger partial charge in [0, 0.05) is 25.2 Å². The molecule has 3 rings (SSSR count). The Balaban J connectivity index is 1.60. The number of piperidine rings is 1. The Morgan fingerprint density at radius 3 is 2.43 bits per heavy atom. The van der Waals surface area contributed by atoms with E-state index < -0.39 is 11.2 Å². The van der Waals surface area contributed by atoms with Gasteiger partial charge in [-0.3, -0.25) is 4.90 Å². The second-order valence-corrected chi connectivity index (χ2v) is 6.61. The van der Waals surface area contributed by atoms with Gasteiger partial charge >= 0.3 is 6.18 Å². The molecule has 2 fully saturated rings. The van der Waals surface area contributed by atoms with E-state index in [0.717, 1.165) is 45.4 Å². The highest BCUT2D eigenvalue weighted by Gasteiger charge is 2.37. The van der Waals surface area contributed by atoms with E-state index >= 15 is 0 Å². The number of hydrogen-bond donors (Lipinski definition) is 1. The quantitative estimate of drug-likeness (QED) is 0.896. The maximum absolute atomic E-state index is 12.6. The summed E-state index contributed by atoms with van der Waals surface area (Å²) >= 11 is 0.626. The van der Waals surface area contributed by atoms with E-state index in [9.17, 15) is 13.2 Å². The lowest BCUT2D eigenvalue weighted by atomic mass is 10.0. The Bertz CT molecular complexity index is 483. The number of hydrogen-bond acceptors (Lipinski definition) is 6. The fourth-order valence-corrected chi connectivity index (χ4v) is 3.70. The lowest BCUT2D eigenvalue weighted by molar-refractivity contribution is -0.138. The molecule has 2 saturated heterocycles. The number of anilines is 1. The van der Waals surface area contributed by atoms with Gasteiger partial charge in [0.15, 0.2) is 0 Å². The Morgan fingerprint density at radius 1 is 1.10 bits per heavy atom. The third kappa shape index (κ3) is 3.29. The summed E-state index contributed by atoms with van der Waals surface area (Å²) in [4.78, 5) is 4.31. The molecule has 0 amide bonds. The molecule has 21 heavy (non-hydrogen) atoms. The number of rotatable bonds is 2. The third-order valence-corrected chi connectivity index (χ3v) is 5.21. The number of alkyl halides is 3. The Hall–Kier alpha value is -0.930. The van der Waals surface area contributed by atoms with Crippen LogP contribution in [0.25, 0.3) is 0 Å². The van der Waals surface area contributed by atoms with Gasteiger partial charge in [0.05, 0.1) is 0 Å². The van der Waals surface area contributed by atoms with Crippen LogP contribution in [0.1, 0.15) is 24.3 Å². The highest BCUT2D eigenvalue weighted by molar-refractivity contribution is 7.15. The number of likely N-dealkylation sites (tertiary alicyclic amines) is 1. The first-order valence-corrected chi connectivity index (χ1v) is 7.90. The van der Waals surface area contributed by atoms with Gasteiger partial charge in [-0.2, -0.15) is 13.2 Å². The molecular formula is C12H18F3N5S. The predicted molar refractivity (Wildman–Crippen MR) is 74.3 cm³/mol. The van der Waals surface area contributed by atoms with Crippen LogP contribution in [0.4, 0.5) is 18.3 Å². The zero-order chi connectivity index (χ0) is 15.0. The predicted octanol–water partition coefficient (Wildman–Crippen LogP) is 1.56. The van der Waals surface area contributed by atoms with E-state index in [1.165, 1.54) is 0 Å². The van der Waals surface area contributed by atoms with Crippen molar-refractivity contribution in [2.24, 2.45) is 5.73 Å². The van der Waals surface area contributed by atoms with Crippen LogP contribution in [0.5, 0.6) is 0 Å². The number of nitrogens with zero attached hydrogens (tertiary/aromatic N) is 4. The van der Waals surface area contributed by atoms with Crippen LogP contribution in [0.3, 0.4) is 0 Å². The fourth-order valence-electron chi connectivity index (χ4n) is 2.96. The van der Waals surface area contributed by atoms with Crippen LogP contribution in [0.15, 0.2) is 0 Å². The van der Waals surface area contributed by atoms with Gasteiger partial charge in [-0.15, -0.1) is 10.2 Å². The van der Waals surface area contributed by atoms with Crippen molar-refractivity contribution in [1.29, 1.82) is 0 Å². The zero-order valence-electron chi connectivity index (χ0n) is 11.5. The van der Waals surface area contributed by atoms with E-state index in [1.807, 2.05) is 4.90 Å². The number of nitrogens with two attached hydrogens (primary N) is 1. The van der Waals surface area contributed by atoms with Gasteiger partial charge < -0.3 is 10.6 Å². The minimum Gasteiger partial charge on any atom is -0.345 e. The lowest BCUT2D eigenvalue weighted by Crippen LogP contribution is -2.46. The molecular weight excluding hydrogens is 303 g/mol. The first-order chi connectivity index (χ1) is 9.93. The third-order valence-electron chi connectivity index (χ3n) is 4.18. The first kappa shape index (κ1) is 15.0. The molecule has 9 heteroatoms. The first-order valence-electron chi connectivity index (χ1n) is 7.09. The molecule has 0 saturated carbocycles. The summed E-state index contributed by atoms with van der Waals surface area (Å²) in [6.45, 7) is 3.41. The van der Waals surface area contributed by atoms with Crippen LogP contribution in [-0.4, -0.2) is 53.4 Å². The molecule has 0 aromatic carbocycles. The lowest BCUT2D eigenvalue weighted by Gasteiger charge is -2.34. The fraction of sp³-hybridized carbons (Fsp3) is 0.833. The summed E-state index contributed by atoms with van der Waals surface area (Å²) in [5.74, 6) is 0. The Kier molecular flexibility index (Phi) is 4.06. The van der Waals surface area contributed by atoms with Crippen LogP contribution in [-0.2, 0) is 6.18 Å². The molecule has 0 aliphatic carbocycles. The molecule has 3 heterocycles. The van der Waals surface area contributed by atoms with Crippen LogP contribution in [0.2, 0.25) is 0 Å². The second kappa shape index (κ2) is 5.69. The van der Waals surface area contributed by atoms with Gasteiger partial charge in [0.1, 0.15) is 0 Å². The smallest absolute Gasteiger partial charge is 0.345 e. The standard InChI is InChI=1S/C12H18F3N5S/c13-12(14,15)10-17-18-11(21-10)20-6-3-9(7-20)19-4-1-8(16)2-5-19/h8-9H,1-7,16H2. The summed E-state index contributed by atoms with van der Waals surface area (Å²) in [6, 6.07) is 0.673. The molecule has 1 atom stereocenters. The molecule has 1 unspecified atom stereocenters. The summed E-state index contributed by atoms with van der Waals surface area (Å²) in [7, 11) is 0. The maximum atomic E-state index is 12.6. The van der Waals surface area contributed by atoms with Crippen LogP contribution in [0, 0.1) is 0 Å². The zero-order valence-corrected chi connectivity index (χ0v) is 12.3. The molecule has 0 radical (unpaired) electrons. The summed E-state index contributed by atoms with van der Waals surface area (Å²) < 4.78 is 37.7. The molecule has 2 aliphatic rings. The van der Waals surface area contributed by atoms with Crippen molar-refractivity contribution in [3.63, 3.8) is 0 Å². The average molecular weight is 321 g/mol. The molecule has 2 aliphatic heterocycles. The van der Waals surface area contributed by atoms with E-state index in [4.69, 9.17) is 5.73 Å². The summed E-state index contributed by atoms with van der Waals surface area (Å²) in [5, 5.41) is 6.45. The van der Waals surface area contributed by atoms with E-state index in [1.54, 1.807) is 0 Å². The molecule has 0 bridgehead atoms. The normalized spacial score (nSPS) is 25.7. The highest BCUT2D eigenvalue weighted by atomic mass is 32.1. The topological polar surface area (TPSA) is 58.3 Å². The van der Waals surface area contributed by atoms with E-state index in [2.05, 4.69) is 15.1 Å². The number of halogens is 3. The SMILES string of the molecule is NC1CCN(C2CCN(c3nnc(C(F)(F)F)s3)C2)CC1. The van der Waals surface area contributed by atoms with Gasteiger partial charge in [-0.25, -0.2) is 0 Å². The second-order valence-electron chi connectivity index (χ2n) is 5.65. The van der Waals surface area contributed by atoms with E-state index in [-0.39, 0.29) is 6.04 Å². The molecule has 1 aromatic heterocycles. The molecule has 5 nitrogen and oxygen atoms in total. The molecule has 2 N–H and O–H groups in total. The van der Waals surface area contributed by atoms with Gasteiger partial charge in [0.2, 0.25) is 10.1 Å². The highest BCUT2D eigenvalue weighted by Crippen LogP contribution is 2.35. The minimum atomic E-state index is -4.40. The average Bonchev–Trinajstić information content (AvgIpc) is 3.07. The molecule has 0 spiro atoms. The van der Waals surface area contributed by atoms with E-state index in [0.29, 0.717) is 22.5 Å². The largest absolute Gasteiger partial charge is 0.445 e. The molecule has 118 valence electrons. The Morgan fingerprint density at radius 2 is 1.81 bits per heavy atom. The summed E-state index contributed by atoms with van der Waals surface area (Å²) in [5.41, 5.74) is 5.90. The van der Waals surface area contributed by atoms with Crippen molar-refractivity contribution in [2.45, 2.75) is 37.5 Å². The van der Waals surface area contributed by atoms with Crippen molar-refractivity contribution in [3.05, 3.63) is 5.01 Å². The van der Waals surface area contributed by atoms with Crippen LogP contribution < -0.4 is 10.6 Å². The van der Waals surface area contributed by atoms with Crippen molar-refractivity contribution in [1.82, 2.24) is 15.1 Å². The van der Waals surface area contributed by atoms with Gasteiger partial charge in [0.25, 0.3) is 0 Å². The van der Waals surface area contributed by atoms with Gasteiger partial charge in [-0.05, 0) is 32.4 Å². The van der Waals surface area contributed by atoms with Crippen molar-refractivity contribution in [3.8, 4) is 0 Å². The van der Waals surface area contributed by atoms with Crippen molar-refractivity contribution >= 4 is 16.5 Å². The molecule has 1 aromatic rings. The van der Waals surface area contributed by atoms with Crippen LogP contribution >= 0.6 is 11.3 Å². The summed E-state index contributed by atoms with van der Waals surface area (Å²) in [6.07, 6.45) is -1.46. The van der Waals surface area contributed by atoms with Gasteiger partial charge in [-0.1, -0.05) is 11.3 Å². The minimum absolute atomic E-state index is 0.288. The Labute approximate surface area is 124 Å².